The van der Waals surface area contributed by atoms with Gasteiger partial charge in [-0.1, -0.05) is 0 Å². The van der Waals surface area contributed by atoms with Crippen LogP contribution in [0, 0.1) is 0 Å². The van der Waals surface area contributed by atoms with Crippen molar-refractivity contribution in [1.29, 1.82) is 0 Å². The lowest BCUT2D eigenvalue weighted by Crippen LogP contribution is -2.47. The standard InChI is InChI=1S/C11H18N2O3S2/c1-8-6-13(7-9(2)16-8)18(14,15)11-4-3-10(5-12)17-11/h3-4,8-9H,5-7,12H2,1-2H3/t8-,9+. The van der Waals surface area contributed by atoms with E-state index in [1.807, 2.05) is 13.8 Å². The molecule has 102 valence electrons. The molecule has 1 aromatic rings. The third-order valence-corrected chi connectivity index (χ3v) is 6.23. The summed E-state index contributed by atoms with van der Waals surface area (Å²) >= 11 is 1.24. The average Bonchev–Trinajstić information content (AvgIpc) is 2.76. The number of morpholine rings is 1. The molecule has 0 aliphatic carbocycles. The molecule has 0 unspecified atom stereocenters. The molecule has 1 saturated heterocycles. The Kier molecular flexibility index (Phi) is 4.08. The number of nitrogens with zero attached hydrogens (tertiary/aromatic N) is 1. The van der Waals surface area contributed by atoms with E-state index in [1.165, 1.54) is 15.6 Å². The fraction of sp³-hybridized carbons (Fsp3) is 0.636. The number of thiophene rings is 1. The molecule has 0 radical (unpaired) electrons. The van der Waals surface area contributed by atoms with Gasteiger partial charge >= 0.3 is 0 Å². The van der Waals surface area contributed by atoms with Crippen LogP contribution in [0.5, 0.6) is 0 Å². The second-order valence-corrected chi connectivity index (χ2v) is 7.84. The molecule has 5 nitrogen and oxygen atoms in total. The minimum absolute atomic E-state index is 0.0718. The van der Waals surface area contributed by atoms with Gasteiger partial charge in [0, 0.05) is 24.5 Å². The summed E-state index contributed by atoms with van der Waals surface area (Å²) in [5, 5.41) is 0. The van der Waals surface area contributed by atoms with Gasteiger partial charge in [-0.3, -0.25) is 0 Å². The maximum atomic E-state index is 12.4. The number of hydrogen-bond donors (Lipinski definition) is 1. The predicted octanol–water partition coefficient (Wildman–Crippen LogP) is 1.00. The van der Waals surface area contributed by atoms with Crippen molar-refractivity contribution in [3.05, 3.63) is 17.0 Å². The van der Waals surface area contributed by atoms with Crippen molar-refractivity contribution in [1.82, 2.24) is 4.31 Å². The van der Waals surface area contributed by atoms with Crippen LogP contribution in [0.1, 0.15) is 18.7 Å². The van der Waals surface area contributed by atoms with E-state index in [4.69, 9.17) is 10.5 Å². The van der Waals surface area contributed by atoms with Crippen LogP contribution in [0.15, 0.2) is 16.3 Å². The van der Waals surface area contributed by atoms with E-state index in [9.17, 15) is 8.42 Å². The van der Waals surface area contributed by atoms with Crippen molar-refractivity contribution in [2.45, 2.75) is 36.8 Å². The zero-order valence-corrected chi connectivity index (χ0v) is 12.1. The van der Waals surface area contributed by atoms with Crippen LogP contribution in [-0.2, 0) is 21.3 Å². The van der Waals surface area contributed by atoms with Gasteiger partial charge in [-0.05, 0) is 26.0 Å². The molecule has 0 saturated carbocycles. The van der Waals surface area contributed by atoms with Crippen molar-refractivity contribution < 1.29 is 13.2 Å². The highest BCUT2D eigenvalue weighted by molar-refractivity contribution is 7.91. The molecular formula is C11H18N2O3S2. The van der Waals surface area contributed by atoms with Crippen LogP contribution in [0.4, 0.5) is 0 Å². The summed E-state index contributed by atoms with van der Waals surface area (Å²) in [5.74, 6) is 0. The number of nitrogens with two attached hydrogens (primary N) is 1. The lowest BCUT2D eigenvalue weighted by Gasteiger charge is -2.34. The highest BCUT2D eigenvalue weighted by atomic mass is 32.2. The molecule has 2 atom stereocenters. The fourth-order valence-corrected chi connectivity index (χ4v) is 5.04. The number of ether oxygens (including phenoxy) is 1. The van der Waals surface area contributed by atoms with E-state index in [0.717, 1.165) is 4.88 Å². The summed E-state index contributed by atoms with van der Waals surface area (Å²) < 4.78 is 32.3. The predicted molar refractivity (Wildman–Crippen MR) is 71.0 cm³/mol. The van der Waals surface area contributed by atoms with Gasteiger partial charge in [-0.25, -0.2) is 8.42 Å². The summed E-state index contributed by atoms with van der Waals surface area (Å²) in [6.45, 7) is 4.96. The summed E-state index contributed by atoms with van der Waals surface area (Å²) in [7, 11) is -3.40. The monoisotopic (exact) mass is 290 g/mol. The highest BCUT2D eigenvalue weighted by Crippen LogP contribution is 2.26. The Labute approximate surface area is 112 Å². The summed E-state index contributed by atoms with van der Waals surface area (Å²) in [5.41, 5.74) is 5.51. The van der Waals surface area contributed by atoms with Crippen LogP contribution >= 0.6 is 11.3 Å². The average molecular weight is 290 g/mol. The Morgan fingerprint density at radius 2 is 2.00 bits per heavy atom. The molecule has 2 heterocycles. The minimum atomic E-state index is -3.40. The van der Waals surface area contributed by atoms with Gasteiger partial charge in [-0.2, -0.15) is 4.31 Å². The van der Waals surface area contributed by atoms with Gasteiger partial charge in [0.1, 0.15) is 4.21 Å². The number of sulfonamides is 1. The van der Waals surface area contributed by atoms with E-state index in [1.54, 1.807) is 12.1 Å². The van der Waals surface area contributed by atoms with Crippen molar-refractivity contribution >= 4 is 21.4 Å². The van der Waals surface area contributed by atoms with Crippen molar-refractivity contribution in [2.75, 3.05) is 13.1 Å². The highest BCUT2D eigenvalue weighted by Gasteiger charge is 2.32. The Bertz CT molecular complexity index is 502. The van der Waals surface area contributed by atoms with Gasteiger partial charge in [0.2, 0.25) is 0 Å². The van der Waals surface area contributed by atoms with Gasteiger partial charge < -0.3 is 10.5 Å². The molecule has 0 amide bonds. The lowest BCUT2D eigenvalue weighted by atomic mass is 10.3. The van der Waals surface area contributed by atoms with E-state index in [-0.39, 0.29) is 12.2 Å². The molecular weight excluding hydrogens is 272 g/mol. The molecule has 0 bridgehead atoms. The number of rotatable bonds is 3. The lowest BCUT2D eigenvalue weighted by molar-refractivity contribution is -0.0440. The maximum absolute atomic E-state index is 12.4. The summed E-state index contributed by atoms with van der Waals surface area (Å²) in [4.78, 5) is 0.878. The zero-order chi connectivity index (χ0) is 13.3. The van der Waals surface area contributed by atoms with Crippen LogP contribution < -0.4 is 5.73 Å². The largest absolute Gasteiger partial charge is 0.373 e. The SMILES string of the molecule is C[C@@H]1CN(S(=O)(=O)c2ccc(CN)s2)C[C@H](C)O1. The topological polar surface area (TPSA) is 72.6 Å². The molecule has 7 heteroatoms. The quantitative estimate of drug-likeness (QED) is 0.901. The number of hydrogen-bond acceptors (Lipinski definition) is 5. The van der Waals surface area contributed by atoms with Crippen LogP contribution in [-0.4, -0.2) is 38.0 Å². The molecule has 1 aromatic heterocycles. The van der Waals surface area contributed by atoms with E-state index >= 15 is 0 Å². The first-order valence-electron chi connectivity index (χ1n) is 5.88. The first kappa shape index (κ1) is 14.0. The van der Waals surface area contributed by atoms with Gasteiger partial charge in [-0.15, -0.1) is 11.3 Å². The Hall–Kier alpha value is -0.470. The van der Waals surface area contributed by atoms with Crippen molar-refractivity contribution in [2.24, 2.45) is 5.73 Å². The second-order valence-electron chi connectivity index (χ2n) is 4.50. The minimum Gasteiger partial charge on any atom is -0.373 e. The molecule has 2 rings (SSSR count). The Morgan fingerprint density at radius 1 is 1.39 bits per heavy atom. The van der Waals surface area contributed by atoms with Gasteiger partial charge in [0.15, 0.2) is 0 Å². The van der Waals surface area contributed by atoms with Crippen LogP contribution in [0.25, 0.3) is 0 Å². The summed E-state index contributed by atoms with van der Waals surface area (Å²) in [6.07, 6.45) is -0.144. The van der Waals surface area contributed by atoms with Gasteiger partial charge in [0.05, 0.1) is 12.2 Å². The van der Waals surface area contributed by atoms with E-state index in [2.05, 4.69) is 0 Å². The fourth-order valence-electron chi connectivity index (χ4n) is 2.06. The van der Waals surface area contributed by atoms with E-state index < -0.39 is 10.0 Å². The molecule has 1 aliphatic heterocycles. The normalized spacial score (nSPS) is 26.4. The molecule has 2 N–H and O–H groups in total. The first-order chi connectivity index (χ1) is 8.43. The Balaban J connectivity index is 2.25. The molecule has 1 aliphatic rings. The maximum Gasteiger partial charge on any atom is 0.252 e. The van der Waals surface area contributed by atoms with Crippen molar-refractivity contribution in [3.63, 3.8) is 0 Å². The first-order valence-corrected chi connectivity index (χ1v) is 8.13. The third kappa shape index (κ3) is 2.75. The van der Waals surface area contributed by atoms with E-state index in [0.29, 0.717) is 23.8 Å². The van der Waals surface area contributed by atoms with Crippen molar-refractivity contribution in [3.8, 4) is 0 Å². The Morgan fingerprint density at radius 3 is 2.50 bits per heavy atom. The molecule has 1 fully saturated rings. The molecule has 18 heavy (non-hydrogen) atoms. The van der Waals surface area contributed by atoms with Crippen LogP contribution in [0.3, 0.4) is 0 Å². The van der Waals surface area contributed by atoms with Gasteiger partial charge in [0.25, 0.3) is 10.0 Å². The molecule has 0 spiro atoms. The third-order valence-electron chi connectivity index (χ3n) is 2.82. The second kappa shape index (κ2) is 5.26. The zero-order valence-electron chi connectivity index (χ0n) is 10.5. The smallest absolute Gasteiger partial charge is 0.252 e. The molecule has 0 aromatic carbocycles. The van der Waals surface area contributed by atoms with Crippen LogP contribution in [0.2, 0.25) is 0 Å². The summed E-state index contributed by atoms with van der Waals surface area (Å²) in [6, 6.07) is 3.40.